The predicted octanol–water partition coefficient (Wildman–Crippen LogP) is 0.444. The number of nitrogens with one attached hydrogen (secondary N) is 1. The highest BCUT2D eigenvalue weighted by Crippen LogP contribution is 2.08. The fourth-order valence-corrected chi connectivity index (χ4v) is 1.36. The van der Waals surface area contributed by atoms with Gasteiger partial charge in [-0.05, 0) is 18.1 Å². The Morgan fingerprint density at radius 2 is 2.44 bits per heavy atom. The monoisotopic (exact) mass is 223 g/mol. The van der Waals surface area contributed by atoms with Crippen molar-refractivity contribution in [1.82, 2.24) is 10.3 Å². The number of hydrogen-bond donors (Lipinski definition) is 2. The lowest BCUT2D eigenvalue weighted by atomic mass is 10.2. The summed E-state index contributed by atoms with van der Waals surface area (Å²) in [5, 5.41) is 3.08. The molecule has 0 saturated heterocycles. The molecule has 0 radical (unpaired) electrons. The van der Waals surface area contributed by atoms with E-state index in [1.54, 1.807) is 13.3 Å². The molecule has 1 rings (SSSR count). The van der Waals surface area contributed by atoms with E-state index < -0.39 is 0 Å². The van der Waals surface area contributed by atoms with Gasteiger partial charge in [0.15, 0.2) is 0 Å². The molecule has 1 amide bonds. The molecule has 0 aliphatic heterocycles. The SMILES string of the molecule is CCC(NCc1ccnc(OC)c1)C(N)=O. The Labute approximate surface area is 95.0 Å². The van der Waals surface area contributed by atoms with Crippen molar-refractivity contribution in [3.8, 4) is 5.88 Å². The summed E-state index contributed by atoms with van der Waals surface area (Å²) in [6, 6.07) is 3.39. The number of ether oxygens (including phenoxy) is 1. The van der Waals surface area contributed by atoms with Crippen molar-refractivity contribution in [2.45, 2.75) is 25.9 Å². The van der Waals surface area contributed by atoms with E-state index in [4.69, 9.17) is 10.5 Å². The zero-order chi connectivity index (χ0) is 12.0. The van der Waals surface area contributed by atoms with E-state index in [-0.39, 0.29) is 11.9 Å². The molecular weight excluding hydrogens is 206 g/mol. The van der Waals surface area contributed by atoms with Crippen LogP contribution in [0.25, 0.3) is 0 Å². The van der Waals surface area contributed by atoms with Crippen molar-refractivity contribution in [3.63, 3.8) is 0 Å². The molecular formula is C11H17N3O2. The van der Waals surface area contributed by atoms with E-state index in [9.17, 15) is 4.79 Å². The molecule has 88 valence electrons. The first-order chi connectivity index (χ1) is 7.67. The van der Waals surface area contributed by atoms with Gasteiger partial charge in [-0.1, -0.05) is 6.92 Å². The van der Waals surface area contributed by atoms with Gasteiger partial charge in [-0.25, -0.2) is 4.98 Å². The molecule has 1 unspecified atom stereocenters. The molecule has 16 heavy (non-hydrogen) atoms. The minimum absolute atomic E-state index is 0.292. The normalized spacial score (nSPS) is 12.1. The fraction of sp³-hybridized carbons (Fsp3) is 0.455. The number of carbonyl (C=O) groups excluding carboxylic acids is 1. The number of amides is 1. The highest BCUT2D eigenvalue weighted by atomic mass is 16.5. The fourth-order valence-electron chi connectivity index (χ4n) is 1.36. The van der Waals surface area contributed by atoms with Crippen LogP contribution in [0.2, 0.25) is 0 Å². The molecule has 0 aliphatic rings. The quantitative estimate of drug-likeness (QED) is 0.733. The molecule has 0 aliphatic carbocycles. The molecule has 0 saturated carbocycles. The number of pyridine rings is 1. The van der Waals surface area contributed by atoms with Crippen LogP contribution in [0.1, 0.15) is 18.9 Å². The summed E-state index contributed by atoms with van der Waals surface area (Å²) in [5.74, 6) is 0.231. The molecule has 0 bridgehead atoms. The van der Waals surface area contributed by atoms with E-state index >= 15 is 0 Å². The Balaban J connectivity index is 2.56. The molecule has 1 aromatic rings. The van der Waals surface area contributed by atoms with Gasteiger partial charge in [-0.3, -0.25) is 4.79 Å². The number of nitrogens with zero attached hydrogens (tertiary/aromatic N) is 1. The smallest absolute Gasteiger partial charge is 0.234 e. The summed E-state index contributed by atoms with van der Waals surface area (Å²) in [6.45, 7) is 2.48. The minimum atomic E-state index is -0.330. The van der Waals surface area contributed by atoms with Crippen LogP contribution in [0.3, 0.4) is 0 Å². The topological polar surface area (TPSA) is 77.2 Å². The Morgan fingerprint density at radius 3 is 3.00 bits per heavy atom. The van der Waals surface area contributed by atoms with E-state index in [0.29, 0.717) is 18.8 Å². The summed E-state index contributed by atoms with van der Waals surface area (Å²) in [5.41, 5.74) is 6.24. The van der Waals surface area contributed by atoms with Gasteiger partial charge >= 0.3 is 0 Å². The van der Waals surface area contributed by atoms with E-state index in [0.717, 1.165) is 5.56 Å². The van der Waals surface area contributed by atoms with Gasteiger partial charge in [0.05, 0.1) is 13.2 Å². The predicted molar refractivity (Wildman–Crippen MR) is 60.9 cm³/mol. The highest BCUT2D eigenvalue weighted by molar-refractivity contribution is 5.79. The summed E-state index contributed by atoms with van der Waals surface area (Å²) in [6.07, 6.45) is 2.35. The van der Waals surface area contributed by atoms with E-state index in [1.165, 1.54) is 0 Å². The van der Waals surface area contributed by atoms with Gasteiger partial charge < -0.3 is 15.8 Å². The zero-order valence-corrected chi connectivity index (χ0v) is 9.56. The highest BCUT2D eigenvalue weighted by Gasteiger charge is 2.11. The van der Waals surface area contributed by atoms with Crippen molar-refractivity contribution in [2.24, 2.45) is 5.73 Å². The number of aromatic nitrogens is 1. The maximum Gasteiger partial charge on any atom is 0.234 e. The van der Waals surface area contributed by atoms with Crippen LogP contribution in [-0.2, 0) is 11.3 Å². The average Bonchev–Trinajstić information content (AvgIpc) is 2.29. The molecule has 0 aromatic carbocycles. The molecule has 5 heteroatoms. The molecule has 3 N–H and O–H groups in total. The lowest BCUT2D eigenvalue weighted by Crippen LogP contribution is -2.40. The van der Waals surface area contributed by atoms with Gasteiger partial charge in [0.1, 0.15) is 0 Å². The van der Waals surface area contributed by atoms with Crippen molar-refractivity contribution in [3.05, 3.63) is 23.9 Å². The van der Waals surface area contributed by atoms with Gasteiger partial charge in [-0.15, -0.1) is 0 Å². The molecule has 0 spiro atoms. The van der Waals surface area contributed by atoms with Crippen LogP contribution in [0, 0.1) is 0 Å². The number of primary amides is 1. The van der Waals surface area contributed by atoms with Gasteiger partial charge in [0.25, 0.3) is 0 Å². The molecule has 5 nitrogen and oxygen atoms in total. The first kappa shape index (κ1) is 12.4. The summed E-state index contributed by atoms with van der Waals surface area (Å²) >= 11 is 0. The lowest BCUT2D eigenvalue weighted by Gasteiger charge is -2.13. The molecule has 1 atom stereocenters. The van der Waals surface area contributed by atoms with Crippen molar-refractivity contribution in [2.75, 3.05) is 7.11 Å². The van der Waals surface area contributed by atoms with Crippen molar-refractivity contribution < 1.29 is 9.53 Å². The van der Waals surface area contributed by atoms with Gasteiger partial charge in [-0.2, -0.15) is 0 Å². The number of nitrogens with two attached hydrogens (primary N) is 1. The third-order valence-electron chi connectivity index (χ3n) is 2.31. The second kappa shape index (κ2) is 6.07. The standard InChI is InChI=1S/C11H17N3O2/c1-3-9(11(12)15)14-7-8-4-5-13-10(6-8)16-2/h4-6,9,14H,3,7H2,1-2H3,(H2,12,15). The zero-order valence-electron chi connectivity index (χ0n) is 9.56. The van der Waals surface area contributed by atoms with Gasteiger partial charge in [0.2, 0.25) is 11.8 Å². The Bertz CT molecular complexity index is 355. The van der Waals surface area contributed by atoms with Crippen LogP contribution in [0.5, 0.6) is 5.88 Å². The number of methoxy groups -OCH3 is 1. The van der Waals surface area contributed by atoms with Crippen LogP contribution < -0.4 is 15.8 Å². The number of rotatable bonds is 6. The Kier molecular flexibility index (Phi) is 4.72. The van der Waals surface area contributed by atoms with Gasteiger partial charge in [0, 0.05) is 18.8 Å². The maximum absolute atomic E-state index is 11.0. The van der Waals surface area contributed by atoms with Crippen LogP contribution in [0.4, 0.5) is 0 Å². The largest absolute Gasteiger partial charge is 0.481 e. The maximum atomic E-state index is 11.0. The Morgan fingerprint density at radius 1 is 1.69 bits per heavy atom. The minimum Gasteiger partial charge on any atom is -0.481 e. The van der Waals surface area contributed by atoms with Crippen molar-refractivity contribution >= 4 is 5.91 Å². The van der Waals surface area contributed by atoms with E-state index in [2.05, 4.69) is 10.3 Å². The number of hydrogen-bond acceptors (Lipinski definition) is 4. The first-order valence-corrected chi connectivity index (χ1v) is 5.19. The molecule has 0 fully saturated rings. The third kappa shape index (κ3) is 3.51. The lowest BCUT2D eigenvalue weighted by molar-refractivity contribution is -0.120. The van der Waals surface area contributed by atoms with Crippen molar-refractivity contribution in [1.29, 1.82) is 0 Å². The average molecular weight is 223 g/mol. The summed E-state index contributed by atoms with van der Waals surface area (Å²) < 4.78 is 5.00. The molecule has 1 heterocycles. The third-order valence-corrected chi connectivity index (χ3v) is 2.31. The second-order valence-electron chi connectivity index (χ2n) is 3.45. The molecule has 1 aromatic heterocycles. The summed E-state index contributed by atoms with van der Waals surface area (Å²) in [7, 11) is 1.57. The second-order valence-corrected chi connectivity index (χ2v) is 3.45. The van der Waals surface area contributed by atoms with Crippen LogP contribution in [0.15, 0.2) is 18.3 Å². The van der Waals surface area contributed by atoms with Crippen LogP contribution in [-0.4, -0.2) is 24.0 Å². The van der Waals surface area contributed by atoms with E-state index in [1.807, 2.05) is 19.1 Å². The Hall–Kier alpha value is -1.62. The van der Waals surface area contributed by atoms with Crippen LogP contribution >= 0.6 is 0 Å². The first-order valence-electron chi connectivity index (χ1n) is 5.19. The summed E-state index contributed by atoms with van der Waals surface area (Å²) in [4.78, 5) is 15.0. The number of carbonyl (C=O) groups is 1.